The van der Waals surface area contributed by atoms with Gasteiger partial charge in [0, 0.05) is 18.1 Å². The molecule has 0 amide bonds. The first-order chi connectivity index (χ1) is 11.2. The first-order valence-corrected chi connectivity index (χ1v) is 10.9. The number of unbranched alkanes of at least 4 members (excludes halogenated alkanes) is 2. The zero-order valence-electron chi connectivity index (χ0n) is 16.7. The highest BCUT2D eigenvalue weighted by molar-refractivity contribution is 6.32. The van der Waals surface area contributed by atoms with Crippen LogP contribution in [0.4, 0.5) is 0 Å². The van der Waals surface area contributed by atoms with Crippen LogP contribution >= 0.6 is 23.2 Å². The first-order valence-electron chi connectivity index (χ1n) is 10.0. The van der Waals surface area contributed by atoms with Gasteiger partial charge in [0.25, 0.3) is 0 Å². The fourth-order valence-corrected chi connectivity index (χ4v) is 5.35. The maximum atomic E-state index is 7.16. The van der Waals surface area contributed by atoms with Crippen molar-refractivity contribution in [3.8, 4) is 0 Å². The topological polar surface area (TPSA) is 24.1 Å². The van der Waals surface area contributed by atoms with Crippen molar-refractivity contribution in [3.05, 3.63) is 0 Å². The van der Waals surface area contributed by atoms with Gasteiger partial charge in [-0.25, -0.2) is 0 Å². The van der Waals surface area contributed by atoms with E-state index in [1.807, 2.05) is 0 Å². The lowest BCUT2D eigenvalue weighted by Crippen LogP contribution is -2.64. The minimum Gasteiger partial charge on any atom is -0.310 e. The second-order valence-electron chi connectivity index (χ2n) is 8.58. The highest BCUT2D eigenvalue weighted by Crippen LogP contribution is 2.51. The number of hydrogen-bond donors (Lipinski definition) is 2. The van der Waals surface area contributed by atoms with Crippen molar-refractivity contribution in [2.45, 2.75) is 121 Å². The van der Waals surface area contributed by atoms with Crippen LogP contribution in [0.15, 0.2) is 0 Å². The van der Waals surface area contributed by atoms with Gasteiger partial charge in [0.05, 0.1) is 5.38 Å². The Morgan fingerprint density at radius 2 is 1.54 bits per heavy atom. The molecule has 2 nitrogen and oxygen atoms in total. The number of halogens is 2. The molecule has 0 spiro atoms. The molecule has 0 bridgehead atoms. The third-order valence-corrected chi connectivity index (χ3v) is 6.54. The standard InChI is InChI=1S/C20H40Cl2N2/c1-7-9-11-19(12-10-8-2)13-17(23-15(3)4)18(21)20(22,14-19)24-16(5)6/h15-18,23-24H,7-14H2,1-6H3. The van der Waals surface area contributed by atoms with Gasteiger partial charge in [0.2, 0.25) is 0 Å². The van der Waals surface area contributed by atoms with Crippen LogP contribution in [-0.4, -0.2) is 28.5 Å². The predicted octanol–water partition coefficient (Wildman–Crippen LogP) is 6.05. The SMILES string of the molecule is CCCCC1(CCCC)CC(NC(C)C)C(Cl)C(Cl)(NC(C)C)C1. The molecule has 0 heterocycles. The number of alkyl halides is 2. The number of rotatable bonds is 10. The Kier molecular flexibility index (Phi) is 9.39. The average Bonchev–Trinajstić information content (AvgIpc) is 2.47. The van der Waals surface area contributed by atoms with E-state index in [-0.39, 0.29) is 11.4 Å². The van der Waals surface area contributed by atoms with Crippen molar-refractivity contribution in [3.63, 3.8) is 0 Å². The minimum atomic E-state index is -0.526. The van der Waals surface area contributed by atoms with Gasteiger partial charge in [-0.3, -0.25) is 5.32 Å². The molecule has 0 radical (unpaired) electrons. The monoisotopic (exact) mass is 378 g/mol. The molecule has 4 heteroatoms. The summed E-state index contributed by atoms with van der Waals surface area (Å²) in [5.74, 6) is 0. The smallest absolute Gasteiger partial charge is 0.112 e. The summed E-state index contributed by atoms with van der Waals surface area (Å²) >= 11 is 14.1. The zero-order valence-corrected chi connectivity index (χ0v) is 18.2. The van der Waals surface area contributed by atoms with Crippen molar-refractivity contribution in [1.29, 1.82) is 0 Å². The van der Waals surface area contributed by atoms with Crippen molar-refractivity contribution < 1.29 is 0 Å². The lowest BCUT2D eigenvalue weighted by atomic mass is 9.64. The second kappa shape index (κ2) is 10.00. The summed E-state index contributed by atoms with van der Waals surface area (Å²) in [7, 11) is 0. The highest BCUT2D eigenvalue weighted by Gasteiger charge is 2.52. The molecular weight excluding hydrogens is 339 g/mol. The van der Waals surface area contributed by atoms with Crippen molar-refractivity contribution in [2.24, 2.45) is 5.41 Å². The molecule has 0 aromatic carbocycles. The van der Waals surface area contributed by atoms with Gasteiger partial charge in [0.15, 0.2) is 0 Å². The van der Waals surface area contributed by atoms with Gasteiger partial charge in [0.1, 0.15) is 5.00 Å². The molecular formula is C20H40Cl2N2. The van der Waals surface area contributed by atoms with Crippen LogP contribution in [0, 0.1) is 5.41 Å². The number of hydrogen-bond acceptors (Lipinski definition) is 2. The average molecular weight is 379 g/mol. The highest BCUT2D eigenvalue weighted by atomic mass is 35.5. The minimum absolute atomic E-state index is 0.0969. The van der Waals surface area contributed by atoms with Crippen molar-refractivity contribution >= 4 is 23.2 Å². The molecule has 2 N–H and O–H groups in total. The Hall–Kier alpha value is 0.500. The predicted molar refractivity (Wildman–Crippen MR) is 109 cm³/mol. The van der Waals surface area contributed by atoms with Crippen LogP contribution in [0.5, 0.6) is 0 Å². The van der Waals surface area contributed by atoms with Gasteiger partial charge in [-0.05, 0) is 44.9 Å². The first kappa shape index (κ1) is 22.5. The van der Waals surface area contributed by atoms with Gasteiger partial charge in [-0.15, -0.1) is 23.2 Å². The molecule has 144 valence electrons. The molecule has 0 aromatic heterocycles. The van der Waals surface area contributed by atoms with Gasteiger partial charge in [-0.2, -0.15) is 0 Å². The van der Waals surface area contributed by atoms with E-state index in [0.29, 0.717) is 17.5 Å². The summed E-state index contributed by atoms with van der Waals surface area (Å²) < 4.78 is 0. The van der Waals surface area contributed by atoms with Crippen LogP contribution in [0.3, 0.4) is 0 Å². The molecule has 0 aliphatic heterocycles. The molecule has 1 aliphatic carbocycles. The normalized spacial score (nSPS) is 30.2. The van der Waals surface area contributed by atoms with Crippen LogP contribution in [-0.2, 0) is 0 Å². The lowest BCUT2D eigenvalue weighted by molar-refractivity contribution is 0.0779. The summed E-state index contributed by atoms with van der Waals surface area (Å²) in [5.41, 5.74) is 0.299. The fourth-order valence-electron chi connectivity index (χ4n) is 4.40. The van der Waals surface area contributed by atoms with Crippen LogP contribution < -0.4 is 10.6 Å². The molecule has 1 saturated carbocycles. The molecule has 0 saturated heterocycles. The van der Waals surface area contributed by atoms with E-state index in [1.165, 1.54) is 38.5 Å². The maximum Gasteiger partial charge on any atom is 0.112 e. The van der Waals surface area contributed by atoms with Crippen molar-refractivity contribution in [1.82, 2.24) is 10.6 Å². The van der Waals surface area contributed by atoms with Crippen molar-refractivity contribution in [2.75, 3.05) is 0 Å². The largest absolute Gasteiger partial charge is 0.310 e. The van der Waals surface area contributed by atoms with E-state index >= 15 is 0 Å². The Labute approximate surface area is 160 Å². The van der Waals surface area contributed by atoms with Gasteiger partial charge in [-0.1, -0.05) is 53.4 Å². The summed E-state index contributed by atoms with van der Waals surface area (Å²) in [6.07, 6.45) is 9.69. The molecule has 3 atom stereocenters. The molecule has 1 rings (SSSR count). The summed E-state index contributed by atoms with van der Waals surface area (Å²) in [4.78, 5) is -0.526. The van der Waals surface area contributed by atoms with Crippen LogP contribution in [0.1, 0.15) is 92.9 Å². The van der Waals surface area contributed by atoms with E-state index in [9.17, 15) is 0 Å². The fraction of sp³-hybridized carbons (Fsp3) is 1.00. The molecule has 0 aromatic rings. The summed E-state index contributed by atoms with van der Waals surface area (Å²) in [5, 5.41) is 7.23. The Morgan fingerprint density at radius 1 is 1.00 bits per heavy atom. The Balaban J connectivity index is 3.11. The molecule has 3 unspecified atom stereocenters. The lowest BCUT2D eigenvalue weighted by Gasteiger charge is -2.53. The molecule has 1 fully saturated rings. The van der Waals surface area contributed by atoms with Crippen LogP contribution in [0.25, 0.3) is 0 Å². The summed E-state index contributed by atoms with van der Waals surface area (Å²) in [6, 6.07) is 1.01. The van der Waals surface area contributed by atoms with E-state index in [0.717, 1.165) is 12.8 Å². The van der Waals surface area contributed by atoms with E-state index in [4.69, 9.17) is 23.2 Å². The Morgan fingerprint density at radius 3 is 1.96 bits per heavy atom. The third kappa shape index (κ3) is 6.34. The molecule has 1 aliphatic rings. The number of nitrogens with one attached hydrogen (secondary N) is 2. The zero-order chi connectivity index (χ0) is 18.4. The van der Waals surface area contributed by atoms with Gasteiger partial charge >= 0.3 is 0 Å². The van der Waals surface area contributed by atoms with Crippen LogP contribution in [0.2, 0.25) is 0 Å². The summed E-state index contributed by atoms with van der Waals surface area (Å²) in [6.45, 7) is 13.3. The van der Waals surface area contributed by atoms with E-state index < -0.39 is 5.00 Å². The van der Waals surface area contributed by atoms with Gasteiger partial charge < -0.3 is 5.32 Å². The quantitative estimate of drug-likeness (QED) is 0.356. The molecule has 24 heavy (non-hydrogen) atoms. The second-order valence-corrected chi connectivity index (χ2v) is 9.72. The maximum absolute atomic E-state index is 7.16. The third-order valence-electron chi connectivity index (χ3n) is 5.27. The van der Waals surface area contributed by atoms with E-state index in [2.05, 4.69) is 52.2 Å². The van der Waals surface area contributed by atoms with E-state index in [1.54, 1.807) is 0 Å². The Bertz CT molecular complexity index is 352.